The van der Waals surface area contributed by atoms with E-state index in [0.29, 0.717) is 11.7 Å². The fraction of sp³-hybridized carbons (Fsp3) is 0.500. The third-order valence-corrected chi connectivity index (χ3v) is 2.84. The van der Waals surface area contributed by atoms with Crippen molar-refractivity contribution in [2.45, 2.75) is 19.5 Å². The van der Waals surface area contributed by atoms with E-state index in [2.05, 4.69) is 28.2 Å². The Hall–Kier alpha value is -1.44. The van der Waals surface area contributed by atoms with Gasteiger partial charge in [0, 0.05) is 44.0 Å². The van der Waals surface area contributed by atoms with E-state index in [-0.39, 0.29) is 0 Å². The summed E-state index contributed by atoms with van der Waals surface area (Å²) in [4.78, 5) is 6.44. The smallest absolute Gasteiger partial charge is 0.144 e. The average molecular weight is 216 g/mol. The Bertz CT molecular complexity index is 396. The molecule has 1 N–H and O–H groups in total. The number of aromatic nitrogens is 1. The van der Waals surface area contributed by atoms with Crippen LogP contribution in [0.5, 0.6) is 0 Å². The summed E-state index contributed by atoms with van der Waals surface area (Å²) < 4.78 is 0. The maximum atomic E-state index is 8.96. The van der Waals surface area contributed by atoms with Crippen LogP contribution in [0.25, 0.3) is 0 Å². The lowest BCUT2D eigenvalue weighted by Crippen LogP contribution is -2.48. The van der Waals surface area contributed by atoms with Crippen LogP contribution in [0.3, 0.4) is 0 Å². The van der Waals surface area contributed by atoms with Crippen molar-refractivity contribution in [1.82, 2.24) is 15.2 Å². The van der Waals surface area contributed by atoms with E-state index in [4.69, 9.17) is 5.26 Å². The Morgan fingerprint density at radius 2 is 2.56 bits per heavy atom. The standard InChI is InChI=1S/C12H16N4/c1-10-8-16(6-5-14-10)9-11-3-2-4-15-12(11)7-13/h2-4,10,14H,5-6,8-9H2,1H3/t10-/m1/s1. The molecule has 0 saturated carbocycles. The molecule has 0 aromatic carbocycles. The van der Waals surface area contributed by atoms with Gasteiger partial charge in [0.25, 0.3) is 0 Å². The van der Waals surface area contributed by atoms with Crippen LogP contribution in [-0.4, -0.2) is 35.6 Å². The molecule has 4 heteroatoms. The molecule has 0 spiro atoms. The SMILES string of the molecule is C[C@@H]1CN(Cc2cccnc2C#N)CCN1. The first kappa shape index (κ1) is 11.1. The minimum absolute atomic E-state index is 0.524. The minimum atomic E-state index is 0.524. The average Bonchev–Trinajstić information content (AvgIpc) is 2.30. The van der Waals surface area contributed by atoms with Gasteiger partial charge in [0.05, 0.1) is 0 Å². The minimum Gasteiger partial charge on any atom is -0.312 e. The van der Waals surface area contributed by atoms with Gasteiger partial charge in [-0.2, -0.15) is 5.26 Å². The van der Waals surface area contributed by atoms with E-state index in [1.807, 2.05) is 12.1 Å². The normalized spacial score (nSPS) is 21.6. The molecule has 0 bridgehead atoms. The summed E-state index contributed by atoms with van der Waals surface area (Å²) in [6.45, 7) is 6.08. The molecule has 1 aliphatic heterocycles. The van der Waals surface area contributed by atoms with Crippen molar-refractivity contribution in [3.63, 3.8) is 0 Å². The summed E-state index contributed by atoms with van der Waals surface area (Å²) in [6.07, 6.45) is 1.67. The number of rotatable bonds is 2. The van der Waals surface area contributed by atoms with Gasteiger partial charge in [-0.1, -0.05) is 6.07 Å². The molecule has 0 amide bonds. The second kappa shape index (κ2) is 5.06. The van der Waals surface area contributed by atoms with Crippen LogP contribution >= 0.6 is 0 Å². The van der Waals surface area contributed by atoms with Crippen molar-refractivity contribution >= 4 is 0 Å². The fourth-order valence-electron chi connectivity index (χ4n) is 2.06. The number of piperazine rings is 1. The Kier molecular flexibility index (Phi) is 3.50. The van der Waals surface area contributed by atoms with Gasteiger partial charge in [-0.25, -0.2) is 4.98 Å². The van der Waals surface area contributed by atoms with E-state index >= 15 is 0 Å². The Morgan fingerprint density at radius 1 is 1.69 bits per heavy atom. The molecule has 0 radical (unpaired) electrons. The van der Waals surface area contributed by atoms with Gasteiger partial charge in [-0.05, 0) is 13.0 Å². The van der Waals surface area contributed by atoms with Gasteiger partial charge in [0.15, 0.2) is 0 Å². The first-order valence-electron chi connectivity index (χ1n) is 5.59. The molecule has 1 aliphatic rings. The van der Waals surface area contributed by atoms with Crippen LogP contribution < -0.4 is 5.32 Å². The van der Waals surface area contributed by atoms with E-state index in [1.54, 1.807) is 6.20 Å². The monoisotopic (exact) mass is 216 g/mol. The predicted molar refractivity (Wildman–Crippen MR) is 61.7 cm³/mol. The number of hydrogen-bond donors (Lipinski definition) is 1. The van der Waals surface area contributed by atoms with Crippen molar-refractivity contribution < 1.29 is 0 Å². The quantitative estimate of drug-likeness (QED) is 0.792. The Labute approximate surface area is 95.9 Å². The molecule has 2 rings (SSSR count). The van der Waals surface area contributed by atoms with Gasteiger partial charge in [0.1, 0.15) is 11.8 Å². The number of hydrogen-bond acceptors (Lipinski definition) is 4. The molecule has 0 unspecified atom stereocenters. The van der Waals surface area contributed by atoms with Gasteiger partial charge in [-0.15, -0.1) is 0 Å². The molecule has 2 heterocycles. The van der Waals surface area contributed by atoms with Crippen LogP contribution in [0.2, 0.25) is 0 Å². The van der Waals surface area contributed by atoms with E-state index in [1.165, 1.54) is 0 Å². The van der Waals surface area contributed by atoms with Gasteiger partial charge in [-0.3, -0.25) is 4.90 Å². The topological polar surface area (TPSA) is 52.0 Å². The summed E-state index contributed by atoms with van der Waals surface area (Å²) >= 11 is 0. The van der Waals surface area contributed by atoms with Crippen LogP contribution in [-0.2, 0) is 6.54 Å². The molecule has 1 saturated heterocycles. The molecule has 84 valence electrons. The summed E-state index contributed by atoms with van der Waals surface area (Å²) in [7, 11) is 0. The highest BCUT2D eigenvalue weighted by molar-refractivity contribution is 5.30. The molecule has 1 aromatic rings. The van der Waals surface area contributed by atoms with Crippen LogP contribution in [0.4, 0.5) is 0 Å². The first-order valence-corrected chi connectivity index (χ1v) is 5.59. The first-order chi connectivity index (χ1) is 7.79. The predicted octanol–water partition coefficient (Wildman–Crippen LogP) is 0.747. The van der Waals surface area contributed by atoms with E-state index < -0.39 is 0 Å². The maximum Gasteiger partial charge on any atom is 0.144 e. The van der Waals surface area contributed by atoms with Crippen molar-refractivity contribution in [3.8, 4) is 6.07 Å². The lowest BCUT2D eigenvalue weighted by atomic mass is 10.1. The van der Waals surface area contributed by atoms with Gasteiger partial charge in [0.2, 0.25) is 0 Å². The van der Waals surface area contributed by atoms with Gasteiger partial charge < -0.3 is 5.32 Å². The van der Waals surface area contributed by atoms with E-state index in [0.717, 1.165) is 31.7 Å². The Balaban J connectivity index is 2.06. The third kappa shape index (κ3) is 2.57. The summed E-state index contributed by atoms with van der Waals surface area (Å²) in [5, 5.41) is 12.4. The summed E-state index contributed by atoms with van der Waals surface area (Å²) in [5.41, 5.74) is 1.58. The molecule has 1 aromatic heterocycles. The largest absolute Gasteiger partial charge is 0.312 e. The zero-order valence-corrected chi connectivity index (χ0v) is 9.48. The molecular formula is C12H16N4. The third-order valence-electron chi connectivity index (χ3n) is 2.84. The number of nitrogens with zero attached hydrogens (tertiary/aromatic N) is 3. The molecule has 1 atom stereocenters. The summed E-state index contributed by atoms with van der Waals surface area (Å²) in [5.74, 6) is 0. The van der Waals surface area contributed by atoms with Crippen LogP contribution in [0, 0.1) is 11.3 Å². The molecule has 1 fully saturated rings. The zero-order valence-electron chi connectivity index (χ0n) is 9.48. The summed E-state index contributed by atoms with van der Waals surface area (Å²) in [6, 6.07) is 6.54. The number of nitriles is 1. The van der Waals surface area contributed by atoms with Crippen molar-refractivity contribution in [2.75, 3.05) is 19.6 Å². The van der Waals surface area contributed by atoms with Crippen molar-refractivity contribution in [2.24, 2.45) is 0 Å². The molecule has 16 heavy (non-hydrogen) atoms. The number of pyridine rings is 1. The number of nitrogens with one attached hydrogen (secondary N) is 1. The van der Waals surface area contributed by atoms with Crippen LogP contribution in [0.15, 0.2) is 18.3 Å². The molecule has 0 aliphatic carbocycles. The highest BCUT2D eigenvalue weighted by Crippen LogP contribution is 2.10. The Morgan fingerprint density at radius 3 is 3.31 bits per heavy atom. The molecular weight excluding hydrogens is 200 g/mol. The molecule has 4 nitrogen and oxygen atoms in total. The lowest BCUT2D eigenvalue weighted by Gasteiger charge is -2.31. The second-order valence-corrected chi connectivity index (χ2v) is 4.21. The lowest BCUT2D eigenvalue weighted by molar-refractivity contribution is 0.199. The fourth-order valence-corrected chi connectivity index (χ4v) is 2.06. The van der Waals surface area contributed by atoms with Gasteiger partial charge >= 0.3 is 0 Å². The zero-order chi connectivity index (χ0) is 11.4. The highest BCUT2D eigenvalue weighted by atomic mass is 15.2. The van der Waals surface area contributed by atoms with Crippen molar-refractivity contribution in [3.05, 3.63) is 29.6 Å². The van der Waals surface area contributed by atoms with Crippen LogP contribution in [0.1, 0.15) is 18.2 Å². The van der Waals surface area contributed by atoms with Crippen molar-refractivity contribution in [1.29, 1.82) is 5.26 Å². The highest BCUT2D eigenvalue weighted by Gasteiger charge is 2.16. The second-order valence-electron chi connectivity index (χ2n) is 4.21. The maximum absolute atomic E-state index is 8.96. The van der Waals surface area contributed by atoms with E-state index in [9.17, 15) is 0 Å².